The largest absolute Gasteiger partial charge is 0.349 e. The molecule has 0 spiro atoms. The van der Waals surface area contributed by atoms with Crippen LogP contribution in [0, 0.1) is 12.7 Å². The Morgan fingerprint density at radius 3 is 2.97 bits per heavy atom. The molecule has 3 aromatic rings. The van der Waals surface area contributed by atoms with Gasteiger partial charge in [-0.3, -0.25) is 9.36 Å². The van der Waals surface area contributed by atoms with Gasteiger partial charge in [0.25, 0.3) is 0 Å². The number of nitrogens with one attached hydrogen (secondary N) is 1. The molecule has 1 aliphatic carbocycles. The average molecular weight is 430 g/mol. The lowest BCUT2D eigenvalue weighted by atomic mass is 10.2. The van der Waals surface area contributed by atoms with E-state index in [0.717, 1.165) is 35.4 Å². The van der Waals surface area contributed by atoms with Crippen molar-refractivity contribution < 1.29 is 9.18 Å². The fourth-order valence-electron chi connectivity index (χ4n) is 3.43. The van der Waals surface area contributed by atoms with Crippen molar-refractivity contribution in [2.45, 2.75) is 37.8 Å². The summed E-state index contributed by atoms with van der Waals surface area (Å²) in [7, 11) is 0. The molecule has 150 valence electrons. The molecule has 1 N–H and O–H groups in total. The van der Waals surface area contributed by atoms with E-state index in [4.69, 9.17) is 0 Å². The molecular weight excluding hydrogens is 409 g/mol. The smallest absolute Gasteiger partial charge is 0.325 e. The molecule has 1 aromatic carbocycles. The Kier molecular flexibility index (Phi) is 5.82. The highest BCUT2D eigenvalue weighted by molar-refractivity contribution is 8.00. The molecule has 4 rings (SSSR count). The van der Waals surface area contributed by atoms with Crippen LogP contribution in [0.15, 0.2) is 45.5 Å². The Balaban J connectivity index is 1.48. The molecule has 0 atom stereocenters. The van der Waals surface area contributed by atoms with Crippen LogP contribution in [0.1, 0.15) is 28.1 Å². The van der Waals surface area contributed by atoms with E-state index in [0.29, 0.717) is 22.8 Å². The predicted molar refractivity (Wildman–Crippen MR) is 114 cm³/mol. The van der Waals surface area contributed by atoms with Crippen LogP contribution in [0.3, 0.4) is 0 Å². The Bertz CT molecular complexity index is 1110. The van der Waals surface area contributed by atoms with Gasteiger partial charge in [0.15, 0.2) is 0 Å². The van der Waals surface area contributed by atoms with Crippen molar-refractivity contribution in [1.29, 1.82) is 0 Å². The number of amides is 1. The number of fused-ring (bicyclic) bond motifs is 1. The van der Waals surface area contributed by atoms with E-state index in [9.17, 15) is 14.0 Å². The van der Waals surface area contributed by atoms with E-state index >= 15 is 0 Å². The number of hydrogen-bond acceptors (Lipinski definition) is 5. The highest BCUT2D eigenvalue weighted by Gasteiger charge is 2.22. The zero-order valence-corrected chi connectivity index (χ0v) is 17.5. The number of anilines is 1. The third-order valence-electron chi connectivity index (χ3n) is 4.89. The van der Waals surface area contributed by atoms with Crippen molar-refractivity contribution >= 4 is 34.7 Å². The average Bonchev–Trinajstić information content (AvgIpc) is 3.37. The van der Waals surface area contributed by atoms with Crippen LogP contribution in [0.4, 0.5) is 10.1 Å². The second kappa shape index (κ2) is 8.51. The van der Waals surface area contributed by atoms with Crippen molar-refractivity contribution in [3.8, 4) is 0 Å². The fraction of sp³-hybridized carbons (Fsp3) is 0.286. The maximum absolute atomic E-state index is 13.6. The van der Waals surface area contributed by atoms with Crippen molar-refractivity contribution in [1.82, 2.24) is 9.55 Å². The quantitative estimate of drug-likeness (QED) is 0.475. The maximum Gasteiger partial charge on any atom is 0.349 e. The number of rotatable bonds is 6. The topological polar surface area (TPSA) is 64.0 Å². The van der Waals surface area contributed by atoms with Crippen LogP contribution in [-0.4, -0.2) is 21.2 Å². The first-order valence-corrected chi connectivity index (χ1v) is 11.2. The van der Waals surface area contributed by atoms with Gasteiger partial charge in [0.05, 0.1) is 12.3 Å². The van der Waals surface area contributed by atoms with Gasteiger partial charge in [-0.2, -0.15) is 4.98 Å². The van der Waals surface area contributed by atoms with E-state index in [2.05, 4.69) is 10.3 Å². The maximum atomic E-state index is 13.6. The molecule has 2 aromatic heterocycles. The van der Waals surface area contributed by atoms with Crippen molar-refractivity contribution in [2.75, 3.05) is 11.1 Å². The highest BCUT2D eigenvalue weighted by atomic mass is 32.2. The number of nitrogens with zero attached hydrogens (tertiary/aromatic N) is 2. The summed E-state index contributed by atoms with van der Waals surface area (Å²) in [5, 5.41) is 5.33. The standard InChI is InChI=1S/C21H20FN3O2S2/c1-13-7-8-14(10-17(13)22)23-19(26)12-29-20-16-5-2-6-18(16)25(21(27)24-20)11-15-4-3-9-28-15/h3-4,7-10H,2,5-6,11-12H2,1H3,(H,23,26). The van der Waals surface area contributed by atoms with Gasteiger partial charge in [-0.15, -0.1) is 11.3 Å². The van der Waals surface area contributed by atoms with Crippen molar-refractivity contribution in [3.05, 3.63) is 73.7 Å². The summed E-state index contributed by atoms with van der Waals surface area (Å²) >= 11 is 2.88. The molecule has 0 bridgehead atoms. The van der Waals surface area contributed by atoms with Crippen LogP contribution in [-0.2, 0) is 24.2 Å². The summed E-state index contributed by atoms with van der Waals surface area (Å²) in [6.07, 6.45) is 2.69. The first kappa shape index (κ1) is 19.8. The van der Waals surface area contributed by atoms with Crippen LogP contribution in [0.2, 0.25) is 0 Å². The third-order valence-corrected chi connectivity index (χ3v) is 6.77. The minimum atomic E-state index is -0.357. The zero-order valence-electron chi connectivity index (χ0n) is 15.9. The number of carbonyl (C=O) groups is 1. The number of thioether (sulfide) groups is 1. The summed E-state index contributed by atoms with van der Waals surface area (Å²) in [6.45, 7) is 2.21. The Hall–Kier alpha value is -2.45. The van der Waals surface area contributed by atoms with Gasteiger partial charge in [0, 0.05) is 21.8 Å². The number of aryl methyl sites for hydroxylation is 1. The molecular formula is C21H20FN3O2S2. The number of thiophene rings is 1. The van der Waals surface area contributed by atoms with Crippen LogP contribution in [0.25, 0.3) is 0 Å². The van der Waals surface area contributed by atoms with Gasteiger partial charge in [0.1, 0.15) is 10.8 Å². The summed E-state index contributed by atoms with van der Waals surface area (Å²) in [4.78, 5) is 30.3. The summed E-state index contributed by atoms with van der Waals surface area (Å²) in [6, 6.07) is 8.59. The lowest BCUT2D eigenvalue weighted by molar-refractivity contribution is -0.113. The van der Waals surface area contributed by atoms with Gasteiger partial charge in [-0.05, 0) is 55.3 Å². The molecule has 0 unspecified atom stereocenters. The van der Waals surface area contributed by atoms with Gasteiger partial charge in [-0.25, -0.2) is 9.18 Å². The van der Waals surface area contributed by atoms with Crippen LogP contribution < -0.4 is 11.0 Å². The van der Waals surface area contributed by atoms with Crippen molar-refractivity contribution in [3.63, 3.8) is 0 Å². The number of carbonyl (C=O) groups excluding carboxylic acids is 1. The zero-order chi connectivity index (χ0) is 20.4. The van der Waals surface area contributed by atoms with Gasteiger partial charge in [0.2, 0.25) is 5.91 Å². The molecule has 0 saturated heterocycles. The molecule has 5 nitrogen and oxygen atoms in total. The Labute approximate surface area is 176 Å². The number of halogens is 1. The molecule has 0 radical (unpaired) electrons. The lowest BCUT2D eigenvalue weighted by Gasteiger charge is -2.13. The Morgan fingerprint density at radius 2 is 2.21 bits per heavy atom. The summed E-state index contributed by atoms with van der Waals surface area (Å²) in [5.41, 5.74) is 2.77. The molecule has 0 fully saturated rings. The molecule has 8 heteroatoms. The number of benzene rings is 1. The minimum Gasteiger partial charge on any atom is -0.325 e. The first-order valence-electron chi connectivity index (χ1n) is 9.35. The molecule has 29 heavy (non-hydrogen) atoms. The van der Waals surface area contributed by atoms with E-state index < -0.39 is 0 Å². The molecule has 1 aliphatic rings. The molecule has 0 aliphatic heterocycles. The normalized spacial score (nSPS) is 12.8. The lowest BCUT2D eigenvalue weighted by Crippen LogP contribution is -2.27. The molecule has 2 heterocycles. The van der Waals surface area contributed by atoms with E-state index in [-0.39, 0.29) is 23.2 Å². The monoisotopic (exact) mass is 429 g/mol. The first-order chi connectivity index (χ1) is 14.0. The van der Waals surface area contributed by atoms with E-state index in [1.54, 1.807) is 35.0 Å². The van der Waals surface area contributed by atoms with E-state index in [1.807, 2.05) is 17.5 Å². The molecule has 0 saturated carbocycles. The van der Waals surface area contributed by atoms with Crippen molar-refractivity contribution in [2.24, 2.45) is 0 Å². The second-order valence-electron chi connectivity index (χ2n) is 6.94. The van der Waals surface area contributed by atoms with Gasteiger partial charge < -0.3 is 5.32 Å². The fourth-order valence-corrected chi connectivity index (χ4v) is 5.00. The number of aromatic nitrogens is 2. The van der Waals surface area contributed by atoms with E-state index in [1.165, 1.54) is 17.8 Å². The third kappa shape index (κ3) is 4.43. The SMILES string of the molecule is Cc1ccc(NC(=O)CSc2nc(=O)n(Cc3cccs3)c3c2CCC3)cc1F. The van der Waals surface area contributed by atoms with Gasteiger partial charge >= 0.3 is 5.69 Å². The highest BCUT2D eigenvalue weighted by Crippen LogP contribution is 2.30. The summed E-state index contributed by atoms with van der Waals surface area (Å²) < 4.78 is 15.4. The summed E-state index contributed by atoms with van der Waals surface area (Å²) in [5.74, 6) is -0.498. The van der Waals surface area contributed by atoms with Crippen LogP contribution >= 0.6 is 23.1 Å². The predicted octanol–water partition coefficient (Wildman–Crippen LogP) is 4.02. The minimum absolute atomic E-state index is 0.114. The second-order valence-corrected chi connectivity index (χ2v) is 8.94. The van der Waals surface area contributed by atoms with Crippen LogP contribution in [0.5, 0.6) is 0 Å². The Morgan fingerprint density at radius 1 is 1.34 bits per heavy atom. The number of hydrogen-bond donors (Lipinski definition) is 1. The molecule has 1 amide bonds. The van der Waals surface area contributed by atoms with Gasteiger partial charge in [-0.1, -0.05) is 23.9 Å².